The molecule has 1 aliphatic heterocycles. The lowest BCUT2D eigenvalue weighted by Gasteiger charge is -2.15. The summed E-state index contributed by atoms with van der Waals surface area (Å²) >= 11 is 6.06. The Kier molecular flexibility index (Phi) is 2.68. The van der Waals surface area contributed by atoms with E-state index in [0.717, 1.165) is 23.2 Å². The minimum absolute atomic E-state index is 0.0167. The van der Waals surface area contributed by atoms with E-state index in [9.17, 15) is 4.79 Å². The number of nitrogens with one attached hydrogen (secondary N) is 1. The Morgan fingerprint density at radius 3 is 2.75 bits per heavy atom. The molecule has 0 aliphatic carbocycles. The first-order valence-corrected chi connectivity index (χ1v) is 5.69. The number of benzene rings is 1. The Morgan fingerprint density at radius 2 is 2.12 bits per heavy atom. The van der Waals surface area contributed by atoms with E-state index in [1.807, 2.05) is 26.0 Å². The Labute approximate surface area is 100.0 Å². The zero-order valence-corrected chi connectivity index (χ0v) is 10.2. The van der Waals surface area contributed by atoms with Crippen molar-refractivity contribution < 1.29 is 4.79 Å². The van der Waals surface area contributed by atoms with Crippen molar-refractivity contribution in [2.24, 2.45) is 5.73 Å². The number of rotatable bonds is 2. The van der Waals surface area contributed by atoms with Gasteiger partial charge in [0.25, 0.3) is 0 Å². The van der Waals surface area contributed by atoms with Crippen molar-refractivity contribution in [1.82, 2.24) is 0 Å². The first kappa shape index (κ1) is 11.4. The van der Waals surface area contributed by atoms with Gasteiger partial charge in [0.2, 0.25) is 5.91 Å². The van der Waals surface area contributed by atoms with Crippen molar-refractivity contribution in [3.63, 3.8) is 0 Å². The average molecular weight is 239 g/mol. The second-order valence-corrected chi connectivity index (χ2v) is 5.04. The molecule has 1 aromatic carbocycles. The van der Waals surface area contributed by atoms with Gasteiger partial charge in [-0.25, -0.2) is 0 Å². The van der Waals surface area contributed by atoms with Crippen LogP contribution in [0, 0.1) is 0 Å². The van der Waals surface area contributed by atoms with Crippen molar-refractivity contribution in [3.8, 4) is 0 Å². The number of amides is 1. The van der Waals surface area contributed by atoms with Crippen LogP contribution in [-0.2, 0) is 16.6 Å². The van der Waals surface area contributed by atoms with E-state index < -0.39 is 5.41 Å². The topological polar surface area (TPSA) is 55.1 Å². The van der Waals surface area contributed by atoms with E-state index >= 15 is 0 Å². The van der Waals surface area contributed by atoms with Gasteiger partial charge in [0.1, 0.15) is 0 Å². The van der Waals surface area contributed by atoms with Crippen molar-refractivity contribution in [2.45, 2.75) is 25.7 Å². The molecule has 0 aromatic heterocycles. The summed E-state index contributed by atoms with van der Waals surface area (Å²) in [5.41, 5.74) is 7.92. The third-order valence-electron chi connectivity index (χ3n) is 3.08. The van der Waals surface area contributed by atoms with Gasteiger partial charge in [0, 0.05) is 10.7 Å². The largest absolute Gasteiger partial charge is 0.330 e. The highest BCUT2D eigenvalue weighted by molar-refractivity contribution is 6.31. The van der Waals surface area contributed by atoms with E-state index in [1.54, 1.807) is 0 Å². The average Bonchev–Trinajstić information content (AvgIpc) is 2.41. The van der Waals surface area contributed by atoms with Crippen LogP contribution in [0.15, 0.2) is 12.1 Å². The van der Waals surface area contributed by atoms with Crippen LogP contribution in [0.4, 0.5) is 5.69 Å². The maximum Gasteiger partial charge on any atom is 0.234 e. The number of carbonyl (C=O) groups excluding carboxylic acids is 1. The highest BCUT2D eigenvalue weighted by atomic mass is 35.5. The monoisotopic (exact) mass is 238 g/mol. The lowest BCUT2D eigenvalue weighted by molar-refractivity contribution is -0.119. The van der Waals surface area contributed by atoms with E-state index in [4.69, 9.17) is 17.3 Å². The number of carbonyl (C=O) groups is 1. The maximum atomic E-state index is 11.8. The minimum atomic E-state index is -0.510. The van der Waals surface area contributed by atoms with Crippen LogP contribution < -0.4 is 11.1 Å². The molecule has 0 saturated carbocycles. The number of anilines is 1. The van der Waals surface area contributed by atoms with Gasteiger partial charge >= 0.3 is 0 Å². The number of fused-ring (bicyclic) bond motifs is 1. The summed E-state index contributed by atoms with van der Waals surface area (Å²) < 4.78 is 0. The molecule has 0 radical (unpaired) electrons. The fourth-order valence-corrected chi connectivity index (χ4v) is 2.29. The molecule has 1 aromatic rings. The maximum absolute atomic E-state index is 11.8. The smallest absolute Gasteiger partial charge is 0.234 e. The van der Waals surface area contributed by atoms with Crippen LogP contribution in [0.5, 0.6) is 0 Å². The van der Waals surface area contributed by atoms with E-state index in [2.05, 4.69) is 5.32 Å². The highest BCUT2D eigenvalue weighted by Crippen LogP contribution is 2.41. The second-order valence-electron chi connectivity index (χ2n) is 4.61. The van der Waals surface area contributed by atoms with Crippen molar-refractivity contribution in [3.05, 3.63) is 28.3 Å². The molecule has 0 unspecified atom stereocenters. The van der Waals surface area contributed by atoms with E-state index in [1.165, 1.54) is 0 Å². The Bertz CT molecular complexity index is 455. The minimum Gasteiger partial charge on any atom is -0.330 e. The molecule has 3 nitrogen and oxygen atoms in total. The standard InChI is InChI=1S/C12H15ClN2O/c1-12(2)9-6-8(13)5-7(3-4-14)10(9)15-11(12)16/h5-6H,3-4,14H2,1-2H3,(H,15,16). The lowest BCUT2D eigenvalue weighted by Crippen LogP contribution is -2.26. The van der Waals surface area contributed by atoms with Crippen molar-refractivity contribution >= 4 is 23.2 Å². The normalized spacial score (nSPS) is 17.1. The molecule has 1 amide bonds. The summed E-state index contributed by atoms with van der Waals surface area (Å²) in [6, 6.07) is 3.73. The fraction of sp³-hybridized carbons (Fsp3) is 0.417. The van der Waals surface area contributed by atoms with Gasteiger partial charge in [0.15, 0.2) is 0 Å². The molecule has 86 valence electrons. The van der Waals surface area contributed by atoms with Gasteiger partial charge in [0.05, 0.1) is 5.41 Å². The van der Waals surface area contributed by atoms with Gasteiger partial charge in [-0.3, -0.25) is 4.79 Å². The molecule has 1 aliphatic rings. The lowest BCUT2D eigenvalue weighted by atomic mass is 9.85. The molecular formula is C12H15ClN2O. The van der Waals surface area contributed by atoms with Crippen LogP contribution in [0.25, 0.3) is 0 Å². The number of nitrogens with two attached hydrogens (primary N) is 1. The molecule has 0 fully saturated rings. The van der Waals surface area contributed by atoms with Gasteiger partial charge < -0.3 is 11.1 Å². The summed E-state index contributed by atoms with van der Waals surface area (Å²) in [5.74, 6) is 0.0167. The molecule has 3 N–H and O–H groups in total. The molecule has 0 saturated heterocycles. The number of hydrogen-bond donors (Lipinski definition) is 2. The zero-order chi connectivity index (χ0) is 11.9. The summed E-state index contributed by atoms with van der Waals surface area (Å²) in [7, 11) is 0. The predicted octanol–water partition coefficient (Wildman–Crippen LogP) is 2.07. The van der Waals surface area contributed by atoms with Crippen LogP contribution in [0.1, 0.15) is 25.0 Å². The first-order chi connectivity index (χ1) is 7.46. The van der Waals surface area contributed by atoms with Crippen molar-refractivity contribution in [2.75, 3.05) is 11.9 Å². The quantitative estimate of drug-likeness (QED) is 0.829. The summed E-state index contributed by atoms with van der Waals surface area (Å²) in [6.45, 7) is 4.34. The summed E-state index contributed by atoms with van der Waals surface area (Å²) in [6.07, 6.45) is 0.721. The van der Waals surface area contributed by atoms with E-state index in [0.29, 0.717) is 11.6 Å². The van der Waals surface area contributed by atoms with Crippen LogP contribution in [0.3, 0.4) is 0 Å². The molecule has 0 bridgehead atoms. The molecule has 1 heterocycles. The number of halogens is 1. The molecule has 4 heteroatoms. The second kappa shape index (κ2) is 3.75. The third kappa shape index (κ3) is 1.60. The van der Waals surface area contributed by atoms with Gasteiger partial charge in [-0.15, -0.1) is 0 Å². The third-order valence-corrected chi connectivity index (χ3v) is 3.30. The molecular weight excluding hydrogens is 224 g/mol. The Hall–Kier alpha value is -1.06. The van der Waals surface area contributed by atoms with Gasteiger partial charge in [-0.2, -0.15) is 0 Å². The number of hydrogen-bond acceptors (Lipinski definition) is 2. The van der Waals surface area contributed by atoms with Crippen LogP contribution in [0.2, 0.25) is 5.02 Å². The van der Waals surface area contributed by atoms with Crippen LogP contribution >= 0.6 is 11.6 Å². The van der Waals surface area contributed by atoms with Crippen molar-refractivity contribution in [1.29, 1.82) is 0 Å². The first-order valence-electron chi connectivity index (χ1n) is 5.31. The zero-order valence-electron chi connectivity index (χ0n) is 9.43. The Morgan fingerprint density at radius 1 is 1.44 bits per heavy atom. The SMILES string of the molecule is CC1(C)C(=O)Nc2c(CCN)cc(Cl)cc21. The van der Waals surface area contributed by atoms with E-state index in [-0.39, 0.29) is 5.91 Å². The molecule has 0 atom stereocenters. The summed E-state index contributed by atoms with van der Waals surface area (Å²) in [5, 5.41) is 3.57. The highest BCUT2D eigenvalue weighted by Gasteiger charge is 2.39. The fourth-order valence-electron chi connectivity index (χ4n) is 2.05. The molecule has 16 heavy (non-hydrogen) atoms. The Balaban J connectivity index is 2.60. The van der Waals surface area contributed by atoms with Crippen LogP contribution in [-0.4, -0.2) is 12.5 Å². The molecule has 0 spiro atoms. The van der Waals surface area contributed by atoms with Gasteiger partial charge in [-0.05, 0) is 50.1 Å². The predicted molar refractivity (Wildman–Crippen MR) is 65.9 cm³/mol. The molecule has 2 rings (SSSR count). The summed E-state index contributed by atoms with van der Waals surface area (Å²) in [4.78, 5) is 11.8. The van der Waals surface area contributed by atoms with Gasteiger partial charge in [-0.1, -0.05) is 11.6 Å².